The van der Waals surface area contributed by atoms with Crippen molar-refractivity contribution in [3.05, 3.63) is 22.4 Å². The minimum absolute atomic E-state index is 0.00870. The summed E-state index contributed by atoms with van der Waals surface area (Å²) in [6, 6.07) is 2.32. The normalized spacial score (nSPS) is 13.2. The van der Waals surface area contributed by atoms with Gasteiger partial charge in [0, 0.05) is 22.8 Å². The van der Waals surface area contributed by atoms with Crippen LogP contribution in [-0.4, -0.2) is 16.5 Å². The lowest BCUT2D eigenvalue weighted by atomic mass is 10.1. The Balaban J connectivity index is 2.89. The lowest BCUT2D eigenvalue weighted by Gasteiger charge is -2.19. The summed E-state index contributed by atoms with van der Waals surface area (Å²) in [5.41, 5.74) is 0.708. The lowest BCUT2D eigenvalue weighted by molar-refractivity contribution is 0.0919. The van der Waals surface area contributed by atoms with E-state index in [0.717, 1.165) is 4.47 Å². The molecule has 0 bridgehead atoms. The third-order valence-corrected chi connectivity index (χ3v) is 3.40. The fraction of sp³-hybridized carbons (Fsp3) is 0.615. The third-order valence-electron chi connectivity index (χ3n) is 2.96. The van der Waals surface area contributed by atoms with E-state index in [-0.39, 0.29) is 18.0 Å². The van der Waals surface area contributed by atoms with Crippen LogP contribution in [0, 0.1) is 5.92 Å². The number of amides is 1. The van der Waals surface area contributed by atoms with Gasteiger partial charge in [0.05, 0.1) is 0 Å². The molecule has 4 heteroatoms. The Hall–Kier alpha value is -0.770. The highest BCUT2D eigenvalue weighted by atomic mass is 79.9. The second-order valence-corrected chi connectivity index (χ2v) is 5.97. The van der Waals surface area contributed by atoms with Crippen LogP contribution in [0.4, 0.5) is 0 Å². The van der Waals surface area contributed by atoms with E-state index in [1.54, 1.807) is 0 Å². The van der Waals surface area contributed by atoms with Gasteiger partial charge < -0.3 is 9.88 Å². The smallest absolute Gasteiger partial charge is 0.268 e. The summed E-state index contributed by atoms with van der Waals surface area (Å²) in [6.45, 7) is 10.4. The molecule has 1 aromatic rings. The number of hydrogen-bond acceptors (Lipinski definition) is 1. The summed E-state index contributed by atoms with van der Waals surface area (Å²) in [6.07, 6.45) is 1.94. The van der Waals surface area contributed by atoms with E-state index in [4.69, 9.17) is 0 Å². The molecule has 0 aromatic carbocycles. The van der Waals surface area contributed by atoms with E-state index in [9.17, 15) is 4.79 Å². The Morgan fingerprint density at radius 2 is 1.88 bits per heavy atom. The van der Waals surface area contributed by atoms with Crippen LogP contribution < -0.4 is 5.32 Å². The van der Waals surface area contributed by atoms with Crippen molar-refractivity contribution in [2.75, 3.05) is 0 Å². The number of nitrogens with one attached hydrogen (secondary N) is 1. The predicted octanol–water partition coefficient (Wildman–Crippen LogP) is 3.61. The molecule has 0 spiro atoms. The number of nitrogens with zero attached hydrogens (tertiary/aromatic N) is 1. The fourth-order valence-corrected chi connectivity index (χ4v) is 1.94. The zero-order valence-electron chi connectivity index (χ0n) is 11.1. The second kappa shape index (κ2) is 5.71. The van der Waals surface area contributed by atoms with E-state index in [1.165, 1.54) is 0 Å². The first-order chi connectivity index (χ1) is 7.82. The zero-order valence-corrected chi connectivity index (χ0v) is 12.7. The molecule has 1 amide bonds. The first-order valence-corrected chi connectivity index (χ1v) is 6.80. The van der Waals surface area contributed by atoms with Crippen LogP contribution in [0.5, 0.6) is 0 Å². The Morgan fingerprint density at radius 3 is 2.35 bits per heavy atom. The van der Waals surface area contributed by atoms with E-state index in [2.05, 4.69) is 48.9 Å². The molecule has 3 nitrogen and oxygen atoms in total. The van der Waals surface area contributed by atoms with E-state index in [0.29, 0.717) is 11.6 Å². The van der Waals surface area contributed by atoms with Gasteiger partial charge in [-0.15, -0.1) is 0 Å². The van der Waals surface area contributed by atoms with Gasteiger partial charge in [0.15, 0.2) is 0 Å². The molecule has 1 N–H and O–H groups in total. The van der Waals surface area contributed by atoms with Crippen LogP contribution in [0.15, 0.2) is 16.7 Å². The molecular formula is C13H21BrN2O. The summed E-state index contributed by atoms with van der Waals surface area (Å²) in [4.78, 5) is 12.1. The SMILES string of the molecule is CC(C)C(C)NC(=O)c1cc(Br)cn1C(C)C. The van der Waals surface area contributed by atoms with Crippen molar-refractivity contribution < 1.29 is 4.79 Å². The number of rotatable bonds is 4. The molecule has 1 heterocycles. The standard InChI is InChI=1S/C13H21BrN2O/c1-8(2)10(5)15-13(17)12-6-11(14)7-16(12)9(3)4/h6-10H,1-5H3,(H,15,17). The molecule has 1 aromatic heterocycles. The quantitative estimate of drug-likeness (QED) is 0.905. The van der Waals surface area contributed by atoms with Gasteiger partial charge >= 0.3 is 0 Å². The largest absolute Gasteiger partial charge is 0.348 e. The number of aromatic nitrogens is 1. The predicted molar refractivity (Wildman–Crippen MR) is 74.3 cm³/mol. The third kappa shape index (κ3) is 3.60. The van der Waals surface area contributed by atoms with E-state index >= 15 is 0 Å². The molecule has 0 saturated heterocycles. The summed E-state index contributed by atoms with van der Waals surface area (Å²) in [5, 5.41) is 3.02. The summed E-state index contributed by atoms with van der Waals surface area (Å²) in [7, 11) is 0. The van der Waals surface area contributed by atoms with Gasteiger partial charge in [0.1, 0.15) is 5.69 Å². The molecule has 0 radical (unpaired) electrons. The van der Waals surface area contributed by atoms with Gasteiger partial charge in [0.25, 0.3) is 5.91 Å². The highest BCUT2D eigenvalue weighted by Gasteiger charge is 2.17. The monoisotopic (exact) mass is 300 g/mol. The zero-order chi connectivity index (χ0) is 13.2. The first kappa shape index (κ1) is 14.3. The van der Waals surface area contributed by atoms with Crippen molar-refractivity contribution in [2.45, 2.75) is 46.7 Å². The summed E-state index contributed by atoms with van der Waals surface area (Å²) in [5.74, 6) is 0.426. The van der Waals surface area contributed by atoms with Crippen molar-refractivity contribution in [3.63, 3.8) is 0 Å². The number of carbonyl (C=O) groups excluding carboxylic acids is 1. The molecule has 1 atom stereocenters. The van der Waals surface area contributed by atoms with Crippen LogP contribution in [0.3, 0.4) is 0 Å². The van der Waals surface area contributed by atoms with Crippen molar-refractivity contribution in [2.24, 2.45) is 5.92 Å². The van der Waals surface area contributed by atoms with Gasteiger partial charge in [-0.1, -0.05) is 13.8 Å². The maximum absolute atomic E-state index is 12.1. The number of carbonyl (C=O) groups is 1. The van der Waals surface area contributed by atoms with Gasteiger partial charge in [-0.2, -0.15) is 0 Å². The van der Waals surface area contributed by atoms with Crippen LogP contribution in [-0.2, 0) is 0 Å². The molecule has 0 aliphatic rings. The Bertz CT molecular complexity index is 396. The number of hydrogen-bond donors (Lipinski definition) is 1. The highest BCUT2D eigenvalue weighted by Crippen LogP contribution is 2.19. The van der Waals surface area contributed by atoms with Crippen LogP contribution in [0.2, 0.25) is 0 Å². The Labute approximate surface area is 112 Å². The number of halogens is 1. The van der Waals surface area contributed by atoms with Crippen LogP contribution in [0.1, 0.15) is 51.1 Å². The molecule has 0 fully saturated rings. The Kier molecular flexibility index (Phi) is 4.80. The molecule has 1 rings (SSSR count). The molecular weight excluding hydrogens is 280 g/mol. The second-order valence-electron chi connectivity index (χ2n) is 5.05. The Morgan fingerprint density at radius 1 is 1.29 bits per heavy atom. The topological polar surface area (TPSA) is 34.0 Å². The van der Waals surface area contributed by atoms with Crippen molar-refractivity contribution >= 4 is 21.8 Å². The average Bonchev–Trinajstić information content (AvgIpc) is 2.60. The van der Waals surface area contributed by atoms with Gasteiger partial charge in [0.2, 0.25) is 0 Å². The van der Waals surface area contributed by atoms with Crippen LogP contribution >= 0.6 is 15.9 Å². The molecule has 0 aliphatic heterocycles. The molecule has 96 valence electrons. The first-order valence-electron chi connectivity index (χ1n) is 6.01. The minimum Gasteiger partial charge on any atom is -0.348 e. The average molecular weight is 301 g/mol. The van der Waals surface area contributed by atoms with Crippen LogP contribution in [0.25, 0.3) is 0 Å². The molecule has 0 aliphatic carbocycles. The fourth-order valence-electron chi connectivity index (χ4n) is 1.50. The summed E-state index contributed by atoms with van der Waals surface area (Å²) < 4.78 is 2.92. The van der Waals surface area contributed by atoms with Crippen molar-refractivity contribution in [1.82, 2.24) is 9.88 Å². The highest BCUT2D eigenvalue weighted by molar-refractivity contribution is 9.10. The maximum atomic E-state index is 12.1. The van der Waals surface area contributed by atoms with E-state index in [1.807, 2.05) is 23.8 Å². The van der Waals surface area contributed by atoms with Crippen molar-refractivity contribution in [3.8, 4) is 0 Å². The minimum atomic E-state index is -0.00870. The van der Waals surface area contributed by atoms with Gasteiger partial charge in [-0.05, 0) is 48.7 Å². The summed E-state index contributed by atoms with van der Waals surface area (Å²) >= 11 is 3.41. The molecule has 0 saturated carbocycles. The van der Waals surface area contributed by atoms with Crippen molar-refractivity contribution in [1.29, 1.82) is 0 Å². The van der Waals surface area contributed by atoms with Gasteiger partial charge in [-0.25, -0.2) is 0 Å². The lowest BCUT2D eigenvalue weighted by Crippen LogP contribution is -2.37. The maximum Gasteiger partial charge on any atom is 0.268 e. The molecule has 1 unspecified atom stereocenters. The van der Waals surface area contributed by atoms with Gasteiger partial charge in [-0.3, -0.25) is 4.79 Å². The molecule has 17 heavy (non-hydrogen) atoms. The van der Waals surface area contributed by atoms with E-state index < -0.39 is 0 Å².